The van der Waals surface area contributed by atoms with E-state index in [4.69, 9.17) is 10.00 Å². The molecule has 2 rings (SSSR count). The van der Waals surface area contributed by atoms with Gasteiger partial charge in [0.05, 0.1) is 17.5 Å². The summed E-state index contributed by atoms with van der Waals surface area (Å²) in [7, 11) is 0. The standard InChI is InChI=1S/C15H21N3O/c1-3-15(4-2)9-12(7-8-19-15)18-14-6-5-13(10-16)17-11-14/h5-6,11-12,18H,3-4,7-9H2,1-2H3. The fraction of sp³-hybridized carbons (Fsp3) is 0.600. The van der Waals surface area contributed by atoms with E-state index in [2.05, 4.69) is 24.1 Å². The van der Waals surface area contributed by atoms with Gasteiger partial charge in [0.15, 0.2) is 0 Å². The molecule has 0 aromatic carbocycles. The summed E-state index contributed by atoms with van der Waals surface area (Å²) in [5.41, 5.74) is 1.46. The van der Waals surface area contributed by atoms with Crippen LogP contribution in [0.25, 0.3) is 0 Å². The first-order valence-corrected chi connectivity index (χ1v) is 6.98. The minimum absolute atomic E-state index is 0.0238. The largest absolute Gasteiger partial charge is 0.381 e. The lowest BCUT2D eigenvalue weighted by Crippen LogP contribution is -2.43. The van der Waals surface area contributed by atoms with E-state index >= 15 is 0 Å². The first-order valence-electron chi connectivity index (χ1n) is 6.98. The molecule has 4 nitrogen and oxygen atoms in total. The van der Waals surface area contributed by atoms with E-state index in [9.17, 15) is 0 Å². The number of nitriles is 1. The Kier molecular flexibility index (Phi) is 4.39. The van der Waals surface area contributed by atoms with Crippen LogP contribution in [0.5, 0.6) is 0 Å². The Hall–Kier alpha value is -1.60. The summed E-state index contributed by atoms with van der Waals surface area (Å²) < 4.78 is 5.97. The maximum absolute atomic E-state index is 8.73. The quantitative estimate of drug-likeness (QED) is 0.902. The van der Waals surface area contributed by atoms with Crippen molar-refractivity contribution in [2.75, 3.05) is 11.9 Å². The van der Waals surface area contributed by atoms with Crippen molar-refractivity contribution in [1.29, 1.82) is 5.26 Å². The molecule has 0 saturated carbocycles. The third-order valence-electron chi connectivity index (χ3n) is 4.03. The molecule has 2 heterocycles. The first kappa shape index (κ1) is 13.8. The third-order valence-corrected chi connectivity index (χ3v) is 4.03. The summed E-state index contributed by atoms with van der Waals surface area (Å²) in [4.78, 5) is 4.08. The number of pyridine rings is 1. The van der Waals surface area contributed by atoms with Crippen LogP contribution in [-0.2, 0) is 4.74 Å². The van der Waals surface area contributed by atoms with Crippen LogP contribution in [0, 0.1) is 11.3 Å². The molecular formula is C15H21N3O. The zero-order chi connectivity index (χ0) is 13.7. The molecule has 1 aliphatic heterocycles. The van der Waals surface area contributed by atoms with Gasteiger partial charge in [-0.15, -0.1) is 0 Å². The van der Waals surface area contributed by atoms with Crippen LogP contribution >= 0.6 is 0 Å². The summed E-state index contributed by atoms with van der Waals surface area (Å²) >= 11 is 0. The molecule has 0 aliphatic carbocycles. The van der Waals surface area contributed by atoms with Gasteiger partial charge in [0.2, 0.25) is 0 Å². The van der Waals surface area contributed by atoms with E-state index in [1.165, 1.54) is 0 Å². The summed E-state index contributed by atoms with van der Waals surface area (Å²) in [6.45, 7) is 5.19. The average molecular weight is 259 g/mol. The van der Waals surface area contributed by atoms with Gasteiger partial charge >= 0.3 is 0 Å². The van der Waals surface area contributed by atoms with Crippen molar-refractivity contribution in [1.82, 2.24) is 4.98 Å². The molecule has 0 radical (unpaired) electrons. The lowest BCUT2D eigenvalue weighted by atomic mass is 9.86. The molecule has 0 bridgehead atoms. The molecule has 1 aromatic rings. The van der Waals surface area contributed by atoms with Crippen LogP contribution in [0.2, 0.25) is 0 Å². The van der Waals surface area contributed by atoms with Gasteiger partial charge in [-0.1, -0.05) is 13.8 Å². The van der Waals surface area contributed by atoms with Gasteiger partial charge in [0.25, 0.3) is 0 Å². The van der Waals surface area contributed by atoms with Crippen LogP contribution in [0.15, 0.2) is 18.3 Å². The number of ether oxygens (including phenoxy) is 1. The zero-order valence-corrected chi connectivity index (χ0v) is 11.6. The van der Waals surface area contributed by atoms with Crippen LogP contribution in [-0.4, -0.2) is 23.2 Å². The molecule has 1 unspecified atom stereocenters. The Labute approximate surface area is 114 Å². The number of nitrogens with one attached hydrogen (secondary N) is 1. The van der Waals surface area contributed by atoms with Crippen molar-refractivity contribution < 1.29 is 4.74 Å². The van der Waals surface area contributed by atoms with Crippen molar-refractivity contribution in [2.24, 2.45) is 0 Å². The smallest absolute Gasteiger partial charge is 0.140 e. The van der Waals surface area contributed by atoms with Gasteiger partial charge in [-0.2, -0.15) is 5.26 Å². The fourth-order valence-electron chi connectivity index (χ4n) is 2.67. The Bertz CT molecular complexity index is 445. The van der Waals surface area contributed by atoms with E-state index < -0.39 is 0 Å². The Morgan fingerprint density at radius 2 is 2.26 bits per heavy atom. The molecule has 1 aliphatic rings. The second-order valence-corrected chi connectivity index (χ2v) is 5.12. The maximum Gasteiger partial charge on any atom is 0.140 e. The predicted molar refractivity (Wildman–Crippen MR) is 74.9 cm³/mol. The molecule has 0 amide bonds. The molecular weight excluding hydrogens is 238 g/mol. The SMILES string of the molecule is CCC1(CC)CC(Nc2ccc(C#N)nc2)CCO1. The number of hydrogen-bond acceptors (Lipinski definition) is 4. The number of nitrogens with zero attached hydrogens (tertiary/aromatic N) is 2. The highest BCUT2D eigenvalue weighted by Gasteiger charge is 2.34. The number of aromatic nitrogens is 1. The Morgan fingerprint density at radius 3 is 2.84 bits per heavy atom. The third kappa shape index (κ3) is 3.24. The van der Waals surface area contributed by atoms with E-state index in [-0.39, 0.29) is 5.60 Å². The highest BCUT2D eigenvalue weighted by molar-refractivity contribution is 5.43. The van der Waals surface area contributed by atoms with Crippen molar-refractivity contribution in [3.05, 3.63) is 24.0 Å². The second kappa shape index (κ2) is 6.03. The predicted octanol–water partition coefficient (Wildman–Crippen LogP) is 3.10. The monoisotopic (exact) mass is 259 g/mol. The first-order chi connectivity index (χ1) is 9.21. The maximum atomic E-state index is 8.73. The van der Waals surface area contributed by atoms with Gasteiger partial charge in [0.1, 0.15) is 11.8 Å². The van der Waals surface area contributed by atoms with E-state index in [0.29, 0.717) is 11.7 Å². The lowest BCUT2D eigenvalue weighted by Gasteiger charge is -2.40. The zero-order valence-electron chi connectivity index (χ0n) is 11.6. The molecule has 0 spiro atoms. The summed E-state index contributed by atoms with van der Waals surface area (Å²) in [5, 5.41) is 12.2. The van der Waals surface area contributed by atoms with Gasteiger partial charge in [-0.05, 0) is 37.8 Å². The molecule has 1 fully saturated rings. The topological polar surface area (TPSA) is 57.9 Å². The highest BCUT2D eigenvalue weighted by Crippen LogP contribution is 2.32. The fourth-order valence-corrected chi connectivity index (χ4v) is 2.67. The molecule has 4 heteroatoms. The van der Waals surface area contributed by atoms with Gasteiger partial charge in [-0.25, -0.2) is 4.98 Å². The molecule has 1 saturated heterocycles. The summed E-state index contributed by atoms with van der Waals surface area (Å²) in [5.74, 6) is 0. The Morgan fingerprint density at radius 1 is 1.47 bits per heavy atom. The van der Waals surface area contributed by atoms with E-state index in [0.717, 1.165) is 38.0 Å². The molecule has 19 heavy (non-hydrogen) atoms. The van der Waals surface area contributed by atoms with Gasteiger partial charge in [0, 0.05) is 12.6 Å². The van der Waals surface area contributed by atoms with Crippen LogP contribution in [0.4, 0.5) is 5.69 Å². The molecule has 102 valence electrons. The average Bonchev–Trinajstić information content (AvgIpc) is 2.48. The van der Waals surface area contributed by atoms with Gasteiger partial charge < -0.3 is 10.1 Å². The van der Waals surface area contributed by atoms with Crippen LogP contribution < -0.4 is 5.32 Å². The van der Waals surface area contributed by atoms with Crippen molar-refractivity contribution in [3.8, 4) is 6.07 Å². The molecule has 1 atom stereocenters. The van der Waals surface area contributed by atoms with E-state index in [1.54, 1.807) is 12.3 Å². The number of rotatable bonds is 4. The Balaban J connectivity index is 2.00. The summed E-state index contributed by atoms with van der Waals surface area (Å²) in [6.07, 6.45) is 5.87. The van der Waals surface area contributed by atoms with Crippen molar-refractivity contribution >= 4 is 5.69 Å². The summed E-state index contributed by atoms with van der Waals surface area (Å²) in [6, 6.07) is 6.11. The highest BCUT2D eigenvalue weighted by atomic mass is 16.5. The van der Waals surface area contributed by atoms with Gasteiger partial charge in [-0.3, -0.25) is 0 Å². The van der Waals surface area contributed by atoms with E-state index in [1.807, 2.05) is 12.1 Å². The molecule has 1 aromatic heterocycles. The number of hydrogen-bond donors (Lipinski definition) is 1. The van der Waals surface area contributed by atoms with Crippen LogP contribution in [0.3, 0.4) is 0 Å². The van der Waals surface area contributed by atoms with Crippen molar-refractivity contribution in [3.63, 3.8) is 0 Å². The minimum atomic E-state index is 0.0238. The van der Waals surface area contributed by atoms with Crippen LogP contribution in [0.1, 0.15) is 45.2 Å². The lowest BCUT2D eigenvalue weighted by molar-refractivity contribution is -0.0864. The molecule has 1 N–H and O–H groups in total. The second-order valence-electron chi connectivity index (χ2n) is 5.12. The number of anilines is 1. The normalized spacial score (nSPS) is 21.6. The van der Waals surface area contributed by atoms with Crippen molar-refractivity contribution in [2.45, 2.75) is 51.2 Å². The minimum Gasteiger partial charge on any atom is -0.381 e.